The Balaban J connectivity index is 1.60. The van der Waals surface area contributed by atoms with E-state index in [1.165, 1.54) is 5.69 Å². The van der Waals surface area contributed by atoms with Crippen LogP contribution in [0.15, 0.2) is 24.3 Å². The molecular formula is C14H19N3O2. The van der Waals surface area contributed by atoms with Crippen molar-refractivity contribution in [2.24, 2.45) is 11.7 Å². The van der Waals surface area contributed by atoms with Crippen molar-refractivity contribution >= 4 is 17.3 Å². The number of benzene rings is 1. The summed E-state index contributed by atoms with van der Waals surface area (Å²) in [6, 6.07) is 8.00. The van der Waals surface area contributed by atoms with Gasteiger partial charge < -0.3 is 20.7 Å². The molecular weight excluding hydrogens is 242 g/mol. The lowest BCUT2D eigenvalue weighted by Crippen LogP contribution is -2.36. The third-order valence-electron chi connectivity index (χ3n) is 3.69. The molecule has 102 valence electrons. The fourth-order valence-electron chi connectivity index (χ4n) is 2.33. The van der Waals surface area contributed by atoms with E-state index in [0.29, 0.717) is 0 Å². The molecule has 3 rings (SSSR count). The summed E-state index contributed by atoms with van der Waals surface area (Å²) in [7, 11) is 0. The molecule has 1 amide bonds. The molecule has 2 atom stereocenters. The van der Waals surface area contributed by atoms with E-state index in [1.807, 2.05) is 24.3 Å². The third-order valence-corrected chi connectivity index (χ3v) is 3.69. The molecule has 1 aliphatic carbocycles. The number of hydrogen-bond acceptors (Lipinski definition) is 4. The molecule has 1 aliphatic heterocycles. The second-order valence-corrected chi connectivity index (χ2v) is 5.14. The predicted molar refractivity (Wildman–Crippen MR) is 74.2 cm³/mol. The second kappa shape index (κ2) is 5.19. The Hall–Kier alpha value is -1.59. The van der Waals surface area contributed by atoms with E-state index in [0.717, 1.165) is 38.4 Å². The van der Waals surface area contributed by atoms with E-state index in [9.17, 15) is 4.79 Å². The third kappa shape index (κ3) is 2.88. The normalized spacial score (nSPS) is 26.1. The van der Waals surface area contributed by atoms with Crippen molar-refractivity contribution in [1.29, 1.82) is 0 Å². The van der Waals surface area contributed by atoms with Crippen LogP contribution >= 0.6 is 0 Å². The molecule has 1 aromatic rings. The average molecular weight is 261 g/mol. The Morgan fingerprint density at radius 2 is 1.89 bits per heavy atom. The van der Waals surface area contributed by atoms with Crippen LogP contribution in [0.4, 0.5) is 11.4 Å². The number of amides is 1. The fraction of sp³-hybridized carbons (Fsp3) is 0.500. The van der Waals surface area contributed by atoms with Gasteiger partial charge in [-0.1, -0.05) is 0 Å². The van der Waals surface area contributed by atoms with E-state index in [-0.39, 0.29) is 17.9 Å². The van der Waals surface area contributed by atoms with Crippen molar-refractivity contribution in [2.45, 2.75) is 12.5 Å². The molecule has 2 aliphatic rings. The van der Waals surface area contributed by atoms with Crippen LogP contribution < -0.4 is 16.0 Å². The standard InChI is InChI=1S/C14H19N3O2/c15-13-9-12(13)14(18)16-10-1-3-11(4-2-10)17-5-7-19-8-6-17/h1-4,12-13H,5-9,15H2,(H,16,18). The van der Waals surface area contributed by atoms with Gasteiger partial charge in [0.15, 0.2) is 0 Å². The van der Waals surface area contributed by atoms with Crippen molar-refractivity contribution in [3.05, 3.63) is 24.3 Å². The van der Waals surface area contributed by atoms with Gasteiger partial charge in [-0.25, -0.2) is 0 Å². The van der Waals surface area contributed by atoms with Gasteiger partial charge in [-0.3, -0.25) is 4.79 Å². The lowest BCUT2D eigenvalue weighted by atomic mass is 10.2. The number of carbonyl (C=O) groups is 1. The molecule has 0 aromatic heterocycles. The van der Waals surface area contributed by atoms with Crippen molar-refractivity contribution < 1.29 is 9.53 Å². The minimum Gasteiger partial charge on any atom is -0.378 e. The largest absolute Gasteiger partial charge is 0.378 e. The number of ether oxygens (including phenoxy) is 1. The van der Waals surface area contributed by atoms with Crippen LogP contribution in [0, 0.1) is 5.92 Å². The quantitative estimate of drug-likeness (QED) is 0.845. The number of hydrogen-bond donors (Lipinski definition) is 2. The van der Waals surface area contributed by atoms with E-state index >= 15 is 0 Å². The highest BCUT2D eigenvalue weighted by atomic mass is 16.5. The highest BCUT2D eigenvalue weighted by Crippen LogP contribution is 2.29. The lowest BCUT2D eigenvalue weighted by Gasteiger charge is -2.28. The molecule has 19 heavy (non-hydrogen) atoms. The minimum atomic E-state index is -0.00100. The summed E-state index contributed by atoms with van der Waals surface area (Å²) in [5, 5.41) is 2.90. The summed E-state index contributed by atoms with van der Waals surface area (Å²) < 4.78 is 5.33. The first-order chi connectivity index (χ1) is 9.24. The van der Waals surface area contributed by atoms with Gasteiger partial charge in [-0.2, -0.15) is 0 Å². The van der Waals surface area contributed by atoms with Crippen LogP contribution in [0.3, 0.4) is 0 Å². The SMILES string of the molecule is NC1CC1C(=O)Nc1ccc(N2CCOCC2)cc1. The van der Waals surface area contributed by atoms with Crippen molar-refractivity contribution in [2.75, 3.05) is 36.5 Å². The van der Waals surface area contributed by atoms with Crippen molar-refractivity contribution in [3.8, 4) is 0 Å². The minimum absolute atomic E-state index is 0.00100. The molecule has 2 unspecified atom stereocenters. The number of carbonyl (C=O) groups excluding carboxylic acids is 1. The molecule has 1 aromatic carbocycles. The first-order valence-corrected chi connectivity index (χ1v) is 6.73. The van der Waals surface area contributed by atoms with Gasteiger partial charge in [0, 0.05) is 30.5 Å². The second-order valence-electron chi connectivity index (χ2n) is 5.14. The maximum atomic E-state index is 11.8. The maximum absolute atomic E-state index is 11.8. The van der Waals surface area contributed by atoms with Crippen molar-refractivity contribution in [3.63, 3.8) is 0 Å². The number of morpholine rings is 1. The van der Waals surface area contributed by atoms with Gasteiger partial charge in [-0.05, 0) is 30.7 Å². The zero-order chi connectivity index (χ0) is 13.2. The number of nitrogens with two attached hydrogens (primary N) is 1. The smallest absolute Gasteiger partial charge is 0.229 e. The van der Waals surface area contributed by atoms with Crippen LogP contribution in [-0.4, -0.2) is 38.3 Å². The lowest BCUT2D eigenvalue weighted by molar-refractivity contribution is -0.117. The molecule has 0 bridgehead atoms. The molecule has 5 nitrogen and oxygen atoms in total. The summed E-state index contributed by atoms with van der Waals surface area (Å²) in [5.74, 6) is 0.0329. The first-order valence-electron chi connectivity index (χ1n) is 6.73. The number of nitrogens with one attached hydrogen (secondary N) is 1. The Morgan fingerprint density at radius 1 is 1.26 bits per heavy atom. The fourth-order valence-corrected chi connectivity index (χ4v) is 2.33. The molecule has 0 spiro atoms. The summed E-state index contributed by atoms with van der Waals surface area (Å²) in [5.41, 5.74) is 7.67. The van der Waals surface area contributed by atoms with Gasteiger partial charge in [-0.15, -0.1) is 0 Å². The van der Waals surface area contributed by atoms with Crippen LogP contribution in [0.5, 0.6) is 0 Å². The Morgan fingerprint density at radius 3 is 2.47 bits per heavy atom. The van der Waals surface area contributed by atoms with E-state index in [2.05, 4.69) is 10.2 Å². The zero-order valence-electron chi connectivity index (χ0n) is 10.8. The monoisotopic (exact) mass is 261 g/mol. The molecule has 3 N–H and O–H groups in total. The molecule has 1 saturated heterocycles. The van der Waals surface area contributed by atoms with Gasteiger partial charge in [0.05, 0.1) is 19.1 Å². The van der Waals surface area contributed by atoms with Crippen LogP contribution in [-0.2, 0) is 9.53 Å². The summed E-state index contributed by atoms with van der Waals surface area (Å²) in [6.45, 7) is 3.39. The average Bonchev–Trinajstić information content (AvgIpc) is 3.18. The first kappa shape index (κ1) is 12.4. The summed E-state index contributed by atoms with van der Waals surface area (Å²) >= 11 is 0. The van der Waals surface area contributed by atoms with Gasteiger partial charge in [0.2, 0.25) is 5.91 Å². The van der Waals surface area contributed by atoms with E-state index in [1.54, 1.807) is 0 Å². The molecule has 0 radical (unpaired) electrons. The van der Waals surface area contributed by atoms with E-state index < -0.39 is 0 Å². The molecule has 5 heteroatoms. The van der Waals surface area contributed by atoms with Crippen LogP contribution in [0.25, 0.3) is 0 Å². The summed E-state index contributed by atoms with van der Waals surface area (Å²) in [4.78, 5) is 14.0. The summed E-state index contributed by atoms with van der Waals surface area (Å²) in [6.07, 6.45) is 0.803. The van der Waals surface area contributed by atoms with Gasteiger partial charge in [0.1, 0.15) is 0 Å². The number of nitrogens with zero attached hydrogens (tertiary/aromatic N) is 1. The van der Waals surface area contributed by atoms with Crippen LogP contribution in [0.2, 0.25) is 0 Å². The predicted octanol–water partition coefficient (Wildman–Crippen LogP) is 0.809. The Labute approximate surface area is 112 Å². The highest BCUT2D eigenvalue weighted by Gasteiger charge is 2.39. The molecule has 2 fully saturated rings. The molecule has 1 saturated carbocycles. The van der Waals surface area contributed by atoms with Gasteiger partial charge in [0.25, 0.3) is 0 Å². The van der Waals surface area contributed by atoms with E-state index in [4.69, 9.17) is 10.5 Å². The van der Waals surface area contributed by atoms with Crippen LogP contribution in [0.1, 0.15) is 6.42 Å². The molecule has 1 heterocycles. The number of anilines is 2. The topological polar surface area (TPSA) is 67.6 Å². The zero-order valence-corrected chi connectivity index (χ0v) is 10.8. The highest BCUT2D eigenvalue weighted by molar-refractivity contribution is 5.95. The van der Waals surface area contributed by atoms with Crippen molar-refractivity contribution in [1.82, 2.24) is 0 Å². The Bertz CT molecular complexity index is 454. The van der Waals surface area contributed by atoms with Gasteiger partial charge >= 0.3 is 0 Å². The maximum Gasteiger partial charge on any atom is 0.229 e. The Kier molecular flexibility index (Phi) is 3.40. The number of rotatable bonds is 3.